The summed E-state index contributed by atoms with van der Waals surface area (Å²) in [6.07, 6.45) is 2.99. The number of hydrogen-bond acceptors (Lipinski definition) is 8. The van der Waals surface area contributed by atoms with Gasteiger partial charge in [0.1, 0.15) is 28.0 Å². The fraction of sp³-hybridized carbons (Fsp3) is 0.100. The minimum Gasteiger partial charge on any atom is -0.410 e. The lowest BCUT2D eigenvalue weighted by Gasteiger charge is -2.10. The lowest BCUT2D eigenvalue weighted by Crippen LogP contribution is -2.20. The van der Waals surface area contributed by atoms with Crippen LogP contribution in [0.25, 0.3) is 0 Å². The van der Waals surface area contributed by atoms with Gasteiger partial charge in [-0.2, -0.15) is 0 Å². The minimum absolute atomic E-state index is 0.0808. The fourth-order valence-corrected chi connectivity index (χ4v) is 4.70. The molecule has 0 spiro atoms. The number of nitrogens with zero attached hydrogens (tertiary/aromatic N) is 3. The zero-order chi connectivity index (χ0) is 23.5. The van der Waals surface area contributed by atoms with Crippen LogP contribution in [0, 0.1) is 17.5 Å². The number of ketones is 1. The van der Waals surface area contributed by atoms with Crippen molar-refractivity contribution in [2.24, 2.45) is 5.16 Å². The van der Waals surface area contributed by atoms with Gasteiger partial charge in [0, 0.05) is 11.8 Å². The van der Waals surface area contributed by atoms with Crippen LogP contribution in [-0.4, -0.2) is 41.3 Å². The van der Waals surface area contributed by atoms with Crippen LogP contribution in [0.2, 0.25) is 0 Å². The van der Waals surface area contributed by atoms with Crippen LogP contribution in [0.5, 0.6) is 0 Å². The number of carbonyl (C=O) groups excluding carboxylic acids is 1. The summed E-state index contributed by atoms with van der Waals surface area (Å²) < 4.78 is 68.0. The molecule has 1 N–H and O–H groups in total. The summed E-state index contributed by atoms with van der Waals surface area (Å²) in [4.78, 5) is 19.6. The van der Waals surface area contributed by atoms with E-state index in [0.29, 0.717) is 0 Å². The van der Waals surface area contributed by atoms with E-state index in [0.717, 1.165) is 42.1 Å². The second-order valence-corrected chi connectivity index (χ2v) is 8.99. The molecule has 0 radical (unpaired) electrons. The molecule has 0 saturated heterocycles. The second kappa shape index (κ2) is 9.49. The molecule has 3 aromatic rings. The van der Waals surface area contributed by atoms with Gasteiger partial charge in [0.2, 0.25) is 5.78 Å². The highest BCUT2D eigenvalue weighted by Crippen LogP contribution is 2.25. The largest absolute Gasteiger partial charge is 0.410 e. The van der Waals surface area contributed by atoms with E-state index in [4.69, 9.17) is 0 Å². The Kier molecular flexibility index (Phi) is 6.94. The molecule has 0 bridgehead atoms. The second-order valence-electron chi connectivity index (χ2n) is 6.29. The van der Waals surface area contributed by atoms with E-state index in [-0.39, 0.29) is 10.9 Å². The molecule has 1 aromatic heterocycles. The van der Waals surface area contributed by atoms with E-state index in [1.807, 2.05) is 0 Å². The summed E-state index contributed by atoms with van der Waals surface area (Å²) >= 11 is 1.16. The Morgan fingerprint density at radius 1 is 1.09 bits per heavy atom. The Bertz CT molecular complexity index is 1310. The van der Waals surface area contributed by atoms with E-state index in [1.54, 1.807) is 6.26 Å². The first-order valence-corrected chi connectivity index (χ1v) is 11.7. The van der Waals surface area contributed by atoms with Crippen LogP contribution < -0.4 is 0 Å². The van der Waals surface area contributed by atoms with Gasteiger partial charge in [-0.25, -0.2) is 31.6 Å². The van der Waals surface area contributed by atoms with Crippen molar-refractivity contribution in [3.05, 3.63) is 82.9 Å². The Morgan fingerprint density at radius 3 is 2.38 bits per heavy atom. The van der Waals surface area contributed by atoms with E-state index < -0.39 is 60.6 Å². The molecule has 0 fully saturated rings. The van der Waals surface area contributed by atoms with Crippen molar-refractivity contribution in [2.45, 2.75) is 15.8 Å². The number of rotatable bonds is 7. The van der Waals surface area contributed by atoms with E-state index in [1.165, 1.54) is 18.3 Å². The van der Waals surface area contributed by atoms with Gasteiger partial charge in [-0.3, -0.25) is 4.79 Å². The van der Waals surface area contributed by atoms with Gasteiger partial charge in [-0.1, -0.05) is 35.1 Å². The molecule has 0 aliphatic heterocycles. The number of Topliss-reactive ketones (excluding diaryl/α,β-unsaturated/α-hetero) is 1. The van der Waals surface area contributed by atoms with Gasteiger partial charge in [0.15, 0.2) is 20.7 Å². The predicted octanol–water partition coefficient (Wildman–Crippen LogP) is 3.65. The van der Waals surface area contributed by atoms with Crippen LogP contribution in [0.4, 0.5) is 13.2 Å². The number of hydrogen-bond donors (Lipinski definition) is 1. The monoisotopic (exact) mass is 481 g/mol. The molecule has 0 unspecified atom stereocenters. The Morgan fingerprint density at radius 2 is 1.75 bits per heavy atom. The fourth-order valence-electron chi connectivity index (χ4n) is 2.83. The zero-order valence-electron chi connectivity index (χ0n) is 16.3. The van der Waals surface area contributed by atoms with E-state index >= 15 is 4.39 Å². The molecule has 0 amide bonds. The first kappa shape index (κ1) is 23.4. The van der Waals surface area contributed by atoms with Gasteiger partial charge in [-0.05, 0) is 30.5 Å². The molecule has 0 saturated carbocycles. The summed E-state index contributed by atoms with van der Waals surface area (Å²) in [6.45, 7) is 0. The van der Waals surface area contributed by atoms with Crippen LogP contribution in [-0.2, 0) is 15.6 Å². The SMILES string of the molecule is CSc1nccc(/C(=N\O)C(=O)c2cccc(CS(=O)(=O)c3c(F)cccc3F)c2F)n1. The third-order valence-corrected chi connectivity index (χ3v) is 6.54. The Balaban J connectivity index is 2.00. The maximum absolute atomic E-state index is 15.1. The number of carbonyl (C=O) groups is 1. The van der Waals surface area contributed by atoms with Gasteiger partial charge >= 0.3 is 0 Å². The molecule has 0 aliphatic carbocycles. The van der Waals surface area contributed by atoms with Crippen LogP contribution in [0.1, 0.15) is 21.6 Å². The average molecular weight is 481 g/mol. The van der Waals surface area contributed by atoms with Crippen molar-refractivity contribution in [1.82, 2.24) is 9.97 Å². The summed E-state index contributed by atoms with van der Waals surface area (Å²) in [5.41, 5.74) is -1.78. The third kappa shape index (κ3) is 4.65. The maximum Gasteiger partial charge on any atom is 0.219 e. The summed E-state index contributed by atoms with van der Waals surface area (Å²) in [6, 6.07) is 7.12. The van der Waals surface area contributed by atoms with Crippen molar-refractivity contribution in [3.63, 3.8) is 0 Å². The highest BCUT2D eigenvalue weighted by Gasteiger charge is 2.28. The number of sulfone groups is 1. The minimum atomic E-state index is -4.63. The van der Waals surface area contributed by atoms with Crippen LogP contribution in [0.15, 0.2) is 63.9 Å². The first-order valence-electron chi connectivity index (χ1n) is 8.78. The van der Waals surface area contributed by atoms with E-state index in [9.17, 15) is 27.2 Å². The molecule has 3 rings (SSSR count). The molecular formula is C20H14F3N3O4S2. The maximum atomic E-state index is 15.1. The van der Waals surface area contributed by atoms with Gasteiger partial charge in [-0.15, -0.1) is 0 Å². The number of aromatic nitrogens is 2. The molecule has 7 nitrogen and oxygen atoms in total. The molecule has 0 aliphatic rings. The number of oxime groups is 1. The number of halogens is 3. The summed E-state index contributed by atoms with van der Waals surface area (Å²) in [5.74, 6) is -6.06. The standard InChI is InChI=1S/C20H14F3N3O4S2/c1-31-20-24-9-8-15(25-20)17(26-28)18(27)12-5-2-4-11(16(12)23)10-32(29,30)19-13(21)6-3-7-14(19)22/h2-9,28H,10H2,1H3/b26-17+. The van der Waals surface area contributed by atoms with Crippen molar-refractivity contribution < 1.29 is 31.6 Å². The topological polar surface area (TPSA) is 110 Å². The average Bonchev–Trinajstić information content (AvgIpc) is 2.75. The smallest absolute Gasteiger partial charge is 0.219 e. The van der Waals surface area contributed by atoms with Crippen LogP contribution in [0.3, 0.4) is 0 Å². The highest BCUT2D eigenvalue weighted by atomic mass is 32.2. The zero-order valence-corrected chi connectivity index (χ0v) is 17.9. The summed E-state index contributed by atoms with van der Waals surface area (Å²) in [5, 5.41) is 12.5. The molecule has 0 atom stereocenters. The molecular weight excluding hydrogens is 467 g/mol. The molecule has 2 aromatic carbocycles. The normalized spacial score (nSPS) is 12.1. The summed E-state index contributed by atoms with van der Waals surface area (Å²) in [7, 11) is -4.63. The molecule has 32 heavy (non-hydrogen) atoms. The lowest BCUT2D eigenvalue weighted by atomic mass is 10.0. The van der Waals surface area contributed by atoms with Crippen molar-refractivity contribution in [1.29, 1.82) is 0 Å². The first-order chi connectivity index (χ1) is 15.2. The number of benzene rings is 2. The van der Waals surface area contributed by atoms with Crippen molar-refractivity contribution in [3.8, 4) is 0 Å². The lowest BCUT2D eigenvalue weighted by molar-refractivity contribution is 0.105. The van der Waals surface area contributed by atoms with Gasteiger partial charge < -0.3 is 5.21 Å². The third-order valence-electron chi connectivity index (χ3n) is 4.27. The molecule has 1 heterocycles. The van der Waals surface area contributed by atoms with Gasteiger partial charge in [0.05, 0.1) is 11.3 Å². The van der Waals surface area contributed by atoms with Crippen molar-refractivity contribution in [2.75, 3.05) is 6.26 Å². The predicted molar refractivity (Wildman–Crippen MR) is 110 cm³/mol. The molecule has 12 heteroatoms. The number of thioether (sulfide) groups is 1. The van der Waals surface area contributed by atoms with Crippen molar-refractivity contribution >= 4 is 33.1 Å². The quantitative estimate of drug-likeness (QED) is 0.137. The molecule has 166 valence electrons. The van der Waals surface area contributed by atoms with Gasteiger partial charge in [0.25, 0.3) is 0 Å². The Hall–Kier alpha value is -3.25. The van der Waals surface area contributed by atoms with Crippen LogP contribution >= 0.6 is 11.8 Å². The highest BCUT2D eigenvalue weighted by molar-refractivity contribution is 7.98. The Labute approximate surface area is 184 Å². The van der Waals surface area contributed by atoms with E-state index in [2.05, 4.69) is 15.1 Å².